The van der Waals surface area contributed by atoms with Crippen molar-refractivity contribution in [3.05, 3.63) is 22.8 Å². The van der Waals surface area contributed by atoms with Crippen LogP contribution in [0.3, 0.4) is 0 Å². The predicted octanol–water partition coefficient (Wildman–Crippen LogP) is 0.386. The molecule has 2 rings (SSSR count). The minimum atomic E-state index is -0.666. The van der Waals surface area contributed by atoms with Crippen molar-refractivity contribution < 1.29 is 10.2 Å². The lowest BCUT2D eigenvalue weighted by Gasteiger charge is -2.15. The molecule has 2 atom stereocenters. The van der Waals surface area contributed by atoms with E-state index in [4.69, 9.17) is 0 Å². The lowest BCUT2D eigenvalue weighted by atomic mass is 10.3. The molecule has 1 fully saturated rings. The monoisotopic (exact) mass is 258 g/mol. The number of halogens is 1. The van der Waals surface area contributed by atoms with E-state index in [1.54, 1.807) is 6.20 Å². The van der Waals surface area contributed by atoms with Crippen LogP contribution in [-0.4, -0.2) is 40.5 Å². The smallest absolute Gasteiger partial charge is 0.128 e. The van der Waals surface area contributed by atoms with Gasteiger partial charge in [0.25, 0.3) is 0 Å². The molecule has 0 radical (unpaired) electrons. The fourth-order valence-electron chi connectivity index (χ4n) is 1.51. The molecule has 1 aromatic rings. The van der Waals surface area contributed by atoms with Crippen LogP contribution in [0.4, 0.5) is 5.82 Å². The van der Waals surface area contributed by atoms with Gasteiger partial charge in [0.1, 0.15) is 5.82 Å². The van der Waals surface area contributed by atoms with Gasteiger partial charge in [-0.2, -0.15) is 0 Å². The standard InChI is InChI=1S/C9H11BrN2O2/c10-6-1-2-9(11-3-6)12-4-7(13)8(14)5-12/h1-3,7-8,13-14H,4-5H2. The summed E-state index contributed by atoms with van der Waals surface area (Å²) in [5, 5.41) is 18.7. The molecule has 0 saturated carbocycles. The van der Waals surface area contributed by atoms with Crippen molar-refractivity contribution in [3.63, 3.8) is 0 Å². The fraction of sp³-hybridized carbons (Fsp3) is 0.444. The van der Waals surface area contributed by atoms with E-state index < -0.39 is 12.2 Å². The Hall–Kier alpha value is -0.650. The van der Waals surface area contributed by atoms with E-state index in [2.05, 4.69) is 20.9 Å². The van der Waals surface area contributed by atoms with Gasteiger partial charge in [0.2, 0.25) is 0 Å². The van der Waals surface area contributed by atoms with Gasteiger partial charge in [-0.1, -0.05) is 0 Å². The van der Waals surface area contributed by atoms with Gasteiger partial charge in [0, 0.05) is 23.8 Å². The highest BCUT2D eigenvalue weighted by Gasteiger charge is 2.29. The van der Waals surface area contributed by atoms with Gasteiger partial charge in [-0.05, 0) is 28.1 Å². The molecular formula is C9H11BrN2O2. The van der Waals surface area contributed by atoms with Crippen LogP contribution in [-0.2, 0) is 0 Å². The highest BCUT2D eigenvalue weighted by molar-refractivity contribution is 9.10. The number of aliphatic hydroxyl groups is 2. The third-order valence-corrected chi connectivity index (χ3v) is 2.76. The first-order valence-electron chi connectivity index (χ1n) is 4.39. The van der Waals surface area contributed by atoms with E-state index in [1.165, 1.54) is 0 Å². The van der Waals surface area contributed by atoms with Crippen molar-refractivity contribution in [1.82, 2.24) is 4.98 Å². The molecule has 1 aliphatic rings. The molecule has 0 aliphatic carbocycles. The summed E-state index contributed by atoms with van der Waals surface area (Å²) in [6.07, 6.45) is 0.368. The number of hydrogen-bond donors (Lipinski definition) is 2. The quantitative estimate of drug-likeness (QED) is 0.765. The normalized spacial score (nSPS) is 26.9. The van der Waals surface area contributed by atoms with E-state index in [-0.39, 0.29) is 0 Å². The minimum Gasteiger partial charge on any atom is -0.389 e. The van der Waals surface area contributed by atoms with Crippen molar-refractivity contribution >= 4 is 21.7 Å². The van der Waals surface area contributed by atoms with E-state index >= 15 is 0 Å². The molecule has 76 valence electrons. The van der Waals surface area contributed by atoms with E-state index in [0.29, 0.717) is 13.1 Å². The molecule has 5 heteroatoms. The summed E-state index contributed by atoms with van der Waals surface area (Å²) >= 11 is 3.30. The van der Waals surface area contributed by atoms with Gasteiger partial charge in [-0.25, -0.2) is 4.98 Å². The lowest BCUT2D eigenvalue weighted by molar-refractivity contribution is 0.0572. The van der Waals surface area contributed by atoms with Crippen molar-refractivity contribution in [2.75, 3.05) is 18.0 Å². The topological polar surface area (TPSA) is 56.6 Å². The molecule has 2 unspecified atom stereocenters. The van der Waals surface area contributed by atoms with Crippen LogP contribution < -0.4 is 4.90 Å². The Morgan fingerprint density at radius 1 is 1.29 bits per heavy atom. The summed E-state index contributed by atoms with van der Waals surface area (Å²) in [7, 11) is 0. The van der Waals surface area contributed by atoms with Crippen LogP contribution in [0.2, 0.25) is 0 Å². The molecule has 2 heterocycles. The van der Waals surface area contributed by atoms with Gasteiger partial charge in [0.05, 0.1) is 12.2 Å². The maximum Gasteiger partial charge on any atom is 0.128 e. The van der Waals surface area contributed by atoms with Crippen molar-refractivity contribution in [2.24, 2.45) is 0 Å². The van der Waals surface area contributed by atoms with Crippen LogP contribution >= 0.6 is 15.9 Å². The highest BCUT2D eigenvalue weighted by atomic mass is 79.9. The number of anilines is 1. The number of β-amino-alcohol motifs (C(OH)–C–C–N with tert-alkyl or cyclic N) is 2. The third kappa shape index (κ3) is 1.89. The molecule has 1 saturated heterocycles. The number of nitrogens with zero attached hydrogens (tertiary/aromatic N) is 2. The molecule has 14 heavy (non-hydrogen) atoms. The van der Waals surface area contributed by atoms with Gasteiger partial charge >= 0.3 is 0 Å². The molecule has 1 aliphatic heterocycles. The number of rotatable bonds is 1. The van der Waals surface area contributed by atoms with Gasteiger partial charge < -0.3 is 15.1 Å². The lowest BCUT2D eigenvalue weighted by Crippen LogP contribution is -2.22. The zero-order valence-corrected chi connectivity index (χ0v) is 9.05. The van der Waals surface area contributed by atoms with E-state index in [0.717, 1.165) is 10.3 Å². The summed E-state index contributed by atoms with van der Waals surface area (Å²) < 4.78 is 0.918. The van der Waals surface area contributed by atoms with Crippen LogP contribution in [0.25, 0.3) is 0 Å². The Balaban J connectivity index is 2.13. The molecule has 0 aromatic carbocycles. The highest BCUT2D eigenvalue weighted by Crippen LogP contribution is 2.19. The summed E-state index contributed by atoms with van der Waals surface area (Å²) in [5.41, 5.74) is 0. The summed E-state index contributed by atoms with van der Waals surface area (Å²) in [6, 6.07) is 3.74. The van der Waals surface area contributed by atoms with E-state index in [9.17, 15) is 10.2 Å². The van der Waals surface area contributed by atoms with Crippen LogP contribution in [0.15, 0.2) is 22.8 Å². The Bertz CT molecular complexity index is 307. The molecule has 4 nitrogen and oxygen atoms in total. The first-order valence-corrected chi connectivity index (χ1v) is 5.19. The van der Waals surface area contributed by atoms with Gasteiger partial charge in [-0.15, -0.1) is 0 Å². The zero-order chi connectivity index (χ0) is 10.1. The average molecular weight is 259 g/mol. The molecule has 1 aromatic heterocycles. The molecule has 2 N–H and O–H groups in total. The average Bonchev–Trinajstić information content (AvgIpc) is 2.48. The largest absolute Gasteiger partial charge is 0.389 e. The first-order chi connectivity index (χ1) is 6.66. The summed E-state index contributed by atoms with van der Waals surface area (Å²) in [4.78, 5) is 6.05. The Morgan fingerprint density at radius 2 is 1.93 bits per heavy atom. The van der Waals surface area contributed by atoms with Crippen molar-refractivity contribution in [1.29, 1.82) is 0 Å². The predicted molar refractivity (Wildman–Crippen MR) is 56.2 cm³/mol. The van der Waals surface area contributed by atoms with Crippen molar-refractivity contribution in [2.45, 2.75) is 12.2 Å². The fourth-order valence-corrected chi connectivity index (χ4v) is 1.75. The van der Waals surface area contributed by atoms with Crippen LogP contribution in [0.5, 0.6) is 0 Å². The Morgan fingerprint density at radius 3 is 2.43 bits per heavy atom. The second kappa shape index (κ2) is 3.84. The molecule has 0 amide bonds. The first kappa shape index (κ1) is 9.89. The van der Waals surface area contributed by atoms with Crippen molar-refractivity contribution in [3.8, 4) is 0 Å². The van der Waals surface area contributed by atoms with Gasteiger partial charge in [-0.3, -0.25) is 0 Å². The maximum absolute atomic E-state index is 9.36. The Kier molecular flexibility index (Phi) is 2.71. The second-order valence-electron chi connectivity index (χ2n) is 3.37. The maximum atomic E-state index is 9.36. The number of hydrogen-bond acceptors (Lipinski definition) is 4. The number of aromatic nitrogens is 1. The van der Waals surface area contributed by atoms with E-state index in [1.807, 2.05) is 17.0 Å². The zero-order valence-electron chi connectivity index (χ0n) is 7.47. The SMILES string of the molecule is OC1CN(c2ccc(Br)cn2)CC1O. The van der Waals surface area contributed by atoms with Crippen LogP contribution in [0.1, 0.15) is 0 Å². The number of aliphatic hydroxyl groups excluding tert-OH is 2. The van der Waals surface area contributed by atoms with Gasteiger partial charge in [0.15, 0.2) is 0 Å². The molecule has 0 bridgehead atoms. The Labute approximate surface area is 90.3 Å². The second-order valence-corrected chi connectivity index (χ2v) is 4.29. The third-order valence-electron chi connectivity index (χ3n) is 2.29. The minimum absolute atomic E-state index is 0.440. The summed E-state index contributed by atoms with van der Waals surface area (Å²) in [6.45, 7) is 0.881. The summed E-state index contributed by atoms with van der Waals surface area (Å²) in [5.74, 6) is 0.781. The number of pyridine rings is 1. The molecular weight excluding hydrogens is 248 g/mol. The van der Waals surface area contributed by atoms with Crippen LogP contribution in [0, 0.1) is 0 Å². The molecule has 0 spiro atoms.